The molecule has 0 fully saturated rings. The summed E-state index contributed by atoms with van der Waals surface area (Å²) in [5.41, 5.74) is 2.95. The summed E-state index contributed by atoms with van der Waals surface area (Å²) in [4.78, 5) is 0. The number of methoxy groups -OCH3 is 3. The van der Waals surface area contributed by atoms with Gasteiger partial charge in [-0.25, -0.2) is 8.42 Å². The molecule has 6 nitrogen and oxygen atoms in total. The van der Waals surface area contributed by atoms with Crippen molar-refractivity contribution in [3.05, 3.63) is 59.2 Å². The average molecular weight is 406 g/mol. The van der Waals surface area contributed by atoms with Crippen molar-refractivity contribution < 1.29 is 22.6 Å². The van der Waals surface area contributed by atoms with Crippen molar-refractivity contribution in [1.82, 2.24) is 4.31 Å². The van der Waals surface area contributed by atoms with Crippen LogP contribution in [-0.2, 0) is 21.2 Å². The van der Waals surface area contributed by atoms with E-state index in [9.17, 15) is 8.42 Å². The molecule has 0 amide bonds. The van der Waals surface area contributed by atoms with Gasteiger partial charge in [0.05, 0.1) is 26.0 Å². The number of nitrogens with zero attached hydrogens (tertiary/aromatic N) is 1. The molecule has 0 saturated carbocycles. The van der Waals surface area contributed by atoms with Crippen LogP contribution in [0.4, 0.5) is 0 Å². The number of hydrogen-bond donors (Lipinski definition) is 0. The van der Waals surface area contributed by atoms with Crippen LogP contribution in [0.3, 0.4) is 0 Å². The Morgan fingerprint density at radius 2 is 1.71 bits per heavy atom. The van der Waals surface area contributed by atoms with E-state index in [0.717, 1.165) is 16.7 Å². The quantitative estimate of drug-likeness (QED) is 0.632. The van der Waals surface area contributed by atoms with Crippen LogP contribution < -0.4 is 9.47 Å². The molecule has 1 unspecified atom stereocenters. The fourth-order valence-corrected chi connectivity index (χ4v) is 5.35. The van der Waals surface area contributed by atoms with Crippen LogP contribution in [0.15, 0.2) is 42.5 Å². The molecule has 152 valence electrons. The Morgan fingerprint density at radius 3 is 2.36 bits per heavy atom. The molecule has 1 aliphatic rings. The molecular formula is C21H27NO5S. The first-order valence-electron chi connectivity index (χ1n) is 9.30. The van der Waals surface area contributed by atoms with E-state index >= 15 is 0 Å². The Labute approximate surface area is 167 Å². The molecular weight excluding hydrogens is 378 g/mol. The van der Waals surface area contributed by atoms with Gasteiger partial charge in [-0.15, -0.1) is 0 Å². The highest BCUT2D eigenvalue weighted by molar-refractivity contribution is 7.89. The minimum absolute atomic E-state index is 0.0623. The van der Waals surface area contributed by atoms with Crippen molar-refractivity contribution in [2.24, 2.45) is 0 Å². The third-order valence-electron chi connectivity index (χ3n) is 5.05. The number of hydrogen-bond acceptors (Lipinski definition) is 5. The van der Waals surface area contributed by atoms with E-state index in [-0.39, 0.29) is 5.75 Å². The molecule has 3 rings (SSSR count). The van der Waals surface area contributed by atoms with Crippen LogP contribution in [0.25, 0.3) is 0 Å². The van der Waals surface area contributed by atoms with Gasteiger partial charge in [-0.1, -0.05) is 30.3 Å². The summed E-state index contributed by atoms with van der Waals surface area (Å²) in [5.74, 6) is 1.32. The van der Waals surface area contributed by atoms with Crippen LogP contribution in [0.5, 0.6) is 11.5 Å². The van der Waals surface area contributed by atoms with Crippen molar-refractivity contribution >= 4 is 10.0 Å². The van der Waals surface area contributed by atoms with E-state index in [1.54, 1.807) is 25.6 Å². The van der Waals surface area contributed by atoms with E-state index in [4.69, 9.17) is 14.2 Å². The molecule has 0 radical (unpaired) electrons. The van der Waals surface area contributed by atoms with Crippen molar-refractivity contribution in [2.45, 2.75) is 18.9 Å². The van der Waals surface area contributed by atoms with Gasteiger partial charge in [0, 0.05) is 20.3 Å². The maximum atomic E-state index is 13.1. The van der Waals surface area contributed by atoms with Gasteiger partial charge in [0.25, 0.3) is 0 Å². The van der Waals surface area contributed by atoms with Gasteiger partial charge in [-0.3, -0.25) is 0 Å². The SMILES string of the molecule is COCCCS(=O)(=O)N1CCc2cc(OC)c(OC)cc2C1c1ccccc1. The average Bonchev–Trinajstić information content (AvgIpc) is 2.72. The lowest BCUT2D eigenvalue weighted by atomic mass is 9.89. The van der Waals surface area contributed by atoms with Gasteiger partial charge in [0.15, 0.2) is 11.5 Å². The Hall–Kier alpha value is -2.09. The largest absolute Gasteiger partial charge is 0.493 e. The molecule has 0 spiro atoms. The molecule has 7 heteroatoms. The minimum Gasteiger partial charge on any atom is -0.493 e. The summed E-state index contributed by atoms with van der Waals surface area (Å²) >= 11 is 0. The molecule has 2 aromatic carbocycles. The fourth-order valence-electron chi connectivity index (χ4n) is 3.71. The van der Waals surface area contributed by atoms with E-state index < -0.39 is 16.1 Å². The van der Waals surface area contributed by atoms with E-state index in [2.05, 4.69) is 0 Å². The Kier molecular flexibility index (Phi) is 6.59. The highest BCUT2D eigenvalue weighted by Gasteiger charge is 2.37. The zero-order valence-corrected chi connectivity index (χ0v) is 17.4. The van der Waals surface area contributed by atoms with Gasteiger partial charge in [0.1, 0.15) is 0 Å². The summed E-state index contributed by atoms with van der Waals surface area (Å²) in [6, 6.07) is 13.2. The lowest BCUT2D eigenvalue weighted by Gasteiger charge is -2.37. The molecule has 0 aromatic heterocycles. The highest BCUT2D eigenvalue weighted by atomic mass is 32.2. The molecule has 2 aromatic rings. The summed E-state index contributed by atoms with van der Waals surface area (Å²) in [6.45, 7) is 0.849. The van der Waals surface area contributed by atoms with Crippen LogP contribution >= 0.6 is 0 Å². The smallest absolute Gasteiger partial charge is 0.215 e. The number of fused-ring (bicyclic) bond motifs is 1. The molecule has 1 heterocycles. The topological polar surface area (TPSA) is 65.1 Å². The number of sulfonamides is 1. The summed E-state index contributed by atoms with van der Waals surface area (Å²) in [6.07, 6.45) is 1.10. The molecule has 0 saturated heterocycles. The molecule has 0 bridgehead atoms. The van der Waals surface area contributed by atoms with E-state index in [0.29, 0.717) is 37.5 Å². The summed E-state index contributed by atoms with van der Waals surface area (Å²) in [5, 5.41) is 0. The minimum atomic E-state index is -3.45. The van der Waals surface area contributed by atoms with E-state index in [1.165, 1.54) is 0 Å². The summed E-state index contributed by atoms with van der Waals surface area (Å²) in [7, 11) is 1.32. The molecule has 0 N–H and O–H groups in total. The first-order valence-corrected chi connectivity index (χ1v) is 10.9. The first kappa shape index (κ1) is 20.6. The van der Waals surface area contributed by atoms with Crippen LogP contribution in [0, 0.1) is 0 Å². The zero-order chi connectivity index (χ0) is 20.1. The van der Waals surface area contributed by atoms with Gasteiger partial charge in [-0.05, 0) is 41.7 Å². The number of benzene rings is 2. The Bertz CT molecular complexity index is 899. The summed E-state index contributed by atoms with van der Waals surface area (Å²) < 4.78 is 43.9. The third kappa shape index (κ3) is 4.16. The molecule has 1 atom stereocenters. The lowest BCUT2D eigenvalue weighted by molar-refractivity contribution is 0.199. The Morgan fingerprint density at radius 1 is 1.04 bits per heavy atom. The third-order valence-corrected chi connectivity index (χ3v) is 6.97. The highest BCUT2D eigenvalue weighted by Crippen LogP contribution is 2.42. The molecule has 1 aliphatic heterocycles. The second kappa shape index (κ2) is 8.94. The normalized spacial score (nSPS) is 17.2. The second-order valence-electron chi connectivity index (χ2n) is 6.74. The fraction of sp³-hybridized carbons (Fsp3) is 0.429. The van der Waals surface area contributed by atoms with E-state index in [1.807, 2.05) is 42.5 Å². The van der Waals surface area contributed by atoms with Crippen molar-refractivity contribution in [3.8, 4) is 11.5 Å². The lowest BCUT2D eigenvalue weighted by Crippen LogP contribution is -2.41. The van der Waals surface area contributed by atoms with Gasteiger partial charge in [-0.2, -0.15) is 4.31 Å². The molecule has 28 heavy (non-hydrogen) atoms. The zero-order valence-electron chi connectivity index (χ0n) is 16.6. The van der Waals surface area contributed by atoms with Crippen molar-refractivity contribution in [2.75, 3.05) is 40.2 Å². The predicted molar refractivity (Wildman–Crippen MR) is 109 cm³/mol. The molecule has 0 aliphatic carbocycles. The second-order valence-corrected chi connectivity index (χ2v) is 8.78. The maximum absolute atomic E-state index is 13.1. The standard InChI is InChI=1S/C21H27NO5S/c1-25-12-7-13-28(23,24)22-11-10-17-14-19(26-2)20(27-3)15-18(17)21(22)16-8-5-4-6-9-16/h4-6,8-9,14-15,21H,7,10-13H2,1-3H3. The van der Waals surface area contributed by atoms with Gasteiger partial charge < -0.3 is 14.2 Å². The van der Waals surface area contributed by atoms with Crippen molar-refractivity contribution in [1.29, 1.82) is 0 Å². The van der Waals surface area contributed by atoms with Crippen LogP contribution in [0.1, 0.15) is 29.2 Å². The van der Waals surface area contributed by atoms with Gasteiger partial charge >= 0.3 is 0 Å². The monoisotopic (exact) mass is 405 g/mol. The number of ether oxygens (including phenoxy) is 3. The Balaban J connectivity index is 2.09. The maximum Gasteiger partial charge on any atom is 0.215 e. The first-order chi connectivity index (χ1) is 13.5. The number of rotatable bonds is 8. The van der Waals surface area contributed by atoms with Crippen molar-refractivity contribution in [3.63, 3.8) is 0 Å². The van der Waals surface area contributed by atoms with Crippen LogP contribution in [0.2, 0.25) is 0 Å². The van der Waals surface area contributed by atoms with Crippen LogP contribution in [-0.4, -0.2) is 53.0 Å². The van der Waals surface area contributed by atoms with Gasteiger partial charge in [0.2, 0.25) is 10.0 Å². The predicted octanol–water partition coefficient (Wildman–Crippen LogP) is 3.02.